The van der Waals surface area contributed by atoms with Crippen LogP contribution in [-0.4, -0.2) is 32.8 Å². The minimum absolute atomic E-state index is 0.307. The maximum Gasteiger partial charge on any atom is 0.123 e. The van der Waals surface area contributed by atoms with E-state index in [9.17, 15) is 4.21 Å². The van der Waals surface area contributed by atoms with Crippen molar-refractivity contribution in [3.63, 3.8) is 0 Å². The normalized spacial score (nSPS) is 25.2. The minimum atomic E-state index is -1.09. The molecule has 1 heterocycles. The van der Waals surface area contributed by atoms with Crippen LogP contribution in [0.5, 0.6) is 0 Å². The number of allylic oxidation sites excluding steroid dienone is 6. The quantitative estimate of drug-likeness (QED) is 0.836. The van der Waals surface area contributed by atoms with E-state index < -0.39 is 11.0 Å². The Hall–Kier alpha value is -0.230. The predicted octanol–water partition coefficient (Wildman–Crippen LogP) is 1.45. The largest absolute Gasteiger partial charge is 0.390 e. The number of nitrogens with zero attached hydrogens (tertiary/aromatic N) is 1. The zero-order chi connectivity index (χ0) is 10.8. The molecule has 2 aliphatic rings. The van der Waals surface area contributed by atoms with Crippen LogP contribution in [0, 0.1) is 0 Å². The molecule has 0 spiro atoms. The second-order valence-corrected chi connectivity index (χ2v) is 6.00. The fourth-order valence-corrected chi connectivity index (χ4v) is 3.12. The van der Waals surface area contributed by atoms with Crippen molar-refractivity contribution in [2.24, 2.45) is 0 Å². The van der Waals surface area contributed by atoms with Crippen molar-refractivity contribution in [1.29, 1.82) is 0 Å². The van der Waals surface area contributed by atoms with Crippen LogP contribution >= 0.6 is 15.9 Å². The summed E-state index contributed by atoms with van der Waals surface area (Å²) >= 11 is 3.37. The first-order valence-corrected chi connectivity index (χ1v) is 6.64. The average Bonchev–Trinajstić information content (AvgIpc) is 2.37. The SMILES string of the molecule is O=S(C1=CC=C(Br)C=CC1)N1CC(O)C1. The number of rotatable bonds is 2. The van der Waals surface area contributed by atoms with Crippen LogP contribution in [-0.2, 0) is 11.0 Å². The van der Waals surface area contributed by atoms with Gasteiger partial charge in [-0.3, -0.25) is 0 Å². The van der Waals surface area contributed by atoms with Gasteiger partial charge >= 0.3 is 0 Å². The molecule has 0 saturated carbocycles. The van der Waals surface area contributed by atoms with E-state index in [1.807, 2.05) is 24.3 Å². The van der Waals surface area contributed by atoms with Crippen molar-refractivity contribution >= 4 is 26.9 Å². The molecule has 1 aliphatic heterocycles. The Bertz CT molecular complexity index is 370. The van der Waals surface area contributed by atoms with Crippen LogP contribution in [0.15, 0.2) is 33.7 Å². The van der Waals surface area contributed by atoms with Crippen molar-refractivity contribution in [3.8, 4) is 0 Å². The lowest BCUT2D eigenvalue weighted by atomic mass is 10.2. The van der Waals surface area contributed by atoms with Crippen LogP contribution in [0.1, 0.15) is 6.42 Å². The summed E-state index contributed by atoms with van der Waals surface area (Å²) in [5.74, 6) is 0. The first-order valence-electron chi connectivity index (χ1n) is 4.74. The van der Waals surface area contributed by atoms with E-state index in [4.69, 9.17) is 5.11 Å². The number of aliphatic hydroxyl groups is 1. The Kier molecular flexibility index (Phi) is 3.56. The van der Waals surface area contributed by atoms with Gasteiger partial charge in [-0.25, -0.2) is 8.51 Å². The lowest BCUT2D eigenvalue weighted by molar-refractivity contribution is 0.0586. The summed E-state index contributed by atoms with van der Waals surface area (Å²) in [6.45, 7) is 1.02. The lowest BCUT2D eigenvalue weighted by Gasteiger charge is -2.34. The van der Waals surface area contributed by atoms with E-state index in [-0.39, 0.29) is 6.10 Å². The molecule has 1 N–H and O–H groups in total. The van der Waals surface area contributed by atoms with Gasteiger partial charge in [-0.05, 0) is 12.2 Å². The van der Waals surface area contributed by atoms with Crippen molar-refractivity contribution in [2.75, 3.05) is 13.1 Å². The third-order valence-electron chi connectivity index (χ3n) is 2.31. The van der Waals surface area contributed by atoms with E-state index in [1.165, 1.54) is 0 Å². The molecule has 0 radical (unpaired) electrons. The highest BCUT2D eigenvalue weighted by Crippen LogP contribution is 2.22. The van der Waals surface area contributed by atoms with E-state index in [0.29, 0.717) is 19.5 Å². The molecular weight excluding hydrogens is 278 g/mol. The molecule has 1 fully saturated rings. The van der Waals surface area contributed by atoms with Crippen LogP contribution < -0.4 is 0 Å². The summed E-state index contributed by atoms with van der Waals surface area (Å²) in [6.07, 6.45) is 8.10. The highest BCUT2D eigenvalue weighted by atomic mass is 79.9. The maximum atomic E-state index is 12.0. The molecule has 0 bridgehead atoms. The summed E-state index contributed by atoms with van der Waals surface area (Å²) in [5, 5.41) is 9.13. The molecule has 1 unspecified atom stereocenters. The van der Waals surface area contributed by atoms with Crippen molar-refractivity contribution in [1.82, 2.24) is 4.31 Å². The Balaban J connectivity index is 2.05. The van der Waals surface area contributed by atoms with Crippen LogP contribution in [0.25, 0.3) is 0 Å². The average molecular weight is 290 g/mol. The first-order chi connectivity index (χ1) is 7.16. The van der Waals surface area contributed by atoms with E-state index in [0.717, 1.165) is 9.39 Å². The Morgan fingerprint density at radius 2 is 2.20 bits per heavy atom. The minimum Gasteiger partial charge on any atom is -0.390 e. The van der Waals surface area contributed by atoms with Gasteiger partial charge < -0.3 is 5.11 Å². The fraction of sp³-hybridized carbons (Fsp3) is 0.400. The summed E-state index contributed by atoms with van der Waals surface area (Å²) < 4.78 is 14.7. The highest BCUT2D eigenvalue weighted by molar-refractivity contribution is 9.11. The molecule has 1 atom stereocenters. The standard InChI is InChI=1S/C10H12BrNO2S/c11-8-2-1-3-10(5-4-8)15(14)12-6-9(13)7-12/h1-2,4-5,9,13H,3,6-7H2. The van der Waals surface area contributed by atoms with Gasteiger partial charge in [0, 0.05) is 28.9 Å². The number of aliphatic hydroxyl groups excluding tert-OH is 1. The lowest BCUT2D eigenvalue weighted by Crippen LogP contribution is -2.51. The van der Waals surface area contributed by atoms with Gasteiger partial charge in [0.2, 0.25) is 0 Å². The molecule has 2 rings (SSSR count). The van der Waals surface area contributed by atoms with Crippen LogP contribution in [0.4, 0.5) is 0 Å². The highest BCUT2D eigenvalue weighted by Gasteiger charge is 2.30. The second-order valence-electron chi connectivity index (χ2n) is 3.54. The van der Waals surface area contributed by atoms with Crippen LogP contribution in [0.2, 0.25) is 0 Å². The number of β-amino-alcohol motifs (C(OH)–C–C–N with tert-alkyl or cyclic N) is 1. The molecule has 0 aromatic carbocycles. The number of hydrogen-bond donors (Lipinski definition) is 1. The number of hydrogen-bond acceptors (Lipinski definition) is 2. The third-order valence-corrected chi connectivity index (χ3v) is 4.36. The van der Waals surface area contributed by atoms with Gasteiger partial charge in [-0.2, -0.15) is 0 Å². The molecule has 0 aromatic rings. The van der Waals surface area contributed by atoms with Crippen molar-refractivity contribution in [3.05, 3.63) is 33.7 Å². The monoisotopic (exact) mass is 289 g/mol. The zero-order valence-corrected chi connectivity index (χ0v) is 10.5. The molecule has 82 valence electrons. The van der Waals surface area contributed by atoms with Gasteiger partial charge in [0.25, 0.3) is 0 Å². The van der Waals surface area contributed by atoms with Crippen molar-refractivity contribution < 1.29 is 9.32 Å². The summed E-state index contributed by atoms with van der Waals surface area (Å²) in [7, 11) is -1.09. The summed E-state index contributed by atoms with van der Waals surface area (Å²) in [6, 6.07) is 0. The van der Waals surface area contributed by atoms with Gasteiger partial charge in [0.05, 0.1) is 6.10 Å². The maximum absolute atomic E-state index is 12.0. The molecule has 15 heavy (non-hydrogen) atoms. The molecule has 1 saturated heterocycles. The van der Waals surface area contributed by atoms with Gasteiger partial charge in [-0.1, -0.05) is 28.1 Å². The van der Waals surface area contributed by atoms with Crippen molar-refractivity contribution in [2.45, 2.75) is 12.5 Å². The molecular formula is C10H12BrNO2S. The molecule has 5 heteroatoms. The summed E-state index contributed by atoms with van der Waals surface area (Å²) in [5.41, 5.74) is 0. The Labute approximate surface area is 99.9 Å². The zero-order valence-electron chi connectivity index (χ0n) is 8.10. The fourth-order valence-electron chi connectivity index (χ4n) is 1.43. The smallest absolute Gasteiger partial charge is 0.123 e. The van der Waals surface area contributed by atoms with E-state index in [2.05, 4.69) is 15.9 Å². The third kappa shape index (κ3) is 2.66. The predicted molar refractivity (Wildman–Crippen MR) is 64.6 cm³/mol. The molecule has 0 aromatic heterocycles. The van der Waals surface area contributed by atoms with E-state index in [1.54, 1.807) is 4.31 Å². The molecule has 0 amide bonds. The van der Waals surface area contributed by atoms with Gasteiger partial charge in [0.15, 0.2) is 0 Å². The first kappa shape index (κ1) is 11.3. The number of halogens is 1. The topological polar surface area (TPSA) is 40.5 Å². The second kappa shape index (κ2) is 4.74. The Morgan fingerprint density at radius 3 is 2.87 bits per heavy atom. The van der Waals surface area contributed by atoms with E-state index >= 15 is 0 Å². The molecule has 3 nitrogen and oxygen atoms in total. The summed E-state index contributed by atoms with van der Waals surface area (Å²) in [4.78, 5) is 0.882. The van der Waals surface area contributed by atoms with Gasteiger partial charge in [0.1, 0.15) is 11.0 Å². The Morgan fingerprint density at radius 1 is 1.47 bits per heavy atom. The van der Waals surface area contributed by atoms with Crippen LogP contribution in [0.3, 0.4) is 0 Å². The molecule has 1 aliphatic carbocycles. The van der Waals surface area contributed by atoms with Gasteiger partial charge in [-0.15, -0.1) is 0 Å².